The molecule has 0 aromatic heterocycles. The number of carboxylic acids is 2. The molecule has 0 bridgehead atoms. The monoisotopic (exact) mass is 170 g/mol. The van der Waals surface area contributed by atoms with Gasteiger partial charge in [0.2, 0.25) is 0 Å². The fourth-order valence-corrected chi connectivity index (χ4v) is 0.129. The first kappa shape index (κ1) is 13.5. The van der Waals surface area contributed by atoms with Crippen LogP contribution in [-0.2, 0) is 9.59 Å². The molecule has 0 aliphatic rings. The van der Waals surface area contributed by atoms with Crippen molar-refractivity contribution < 1.29 is 19.8 Å². The molecule has 0 aromatic rings. The molecule has 60 valence electrons. The summed E-state index contributed by atoms with van der Waals surface area (Å²) in [6.07, 6.45) is 0.576. The van der Waals surface area contributed by atoms with Crippen LogP contribution in [0.4, 0.5) is 0 Å². The predicted molar refractivity (Wildman–Crippen MR) is 40.7 cm³/mol. The van der Waals surface area contributed by atoms with Crippen LogP contribution in [0.5, 0.6) is 0 Å². The zero-order valence-electron chi connectivity index (χ0n) is 6.83. The molecule has 11 heavy (non-hydrogen) atoms. The molecule has 0 fully saturated rings. The van der Waals surface area contributed by atoms with Crippen molar-refractivity contribution in [3.8, 4) is 0 Å². The van der Waals surface area contributed by atoms with E-state index < -0.39 is 18.4 Å². The van der Waals surface area contributed by atoms with E-state index in [9.17, 15) is 9.59 Å². The molecule has 4 nitrogen and oxygen atoms in total. The van der Waals surface area contributed by atoms with Gasteiger partial charge in [-0.25, -0.2) is 0 Å². The SMILES string of the molecule is CC[CH2][Na].O=C(O)CC(=O)O. The summed E-state index contributed by atoms with van der Waals surface area (Å²) in [5.41, 5.74) is 0. The fourth-order valence-electron chi connectivity index (χ4n) is 0.129. The zero-order valence-corrected chi connectivity index (χ0v) is 8.83. The second-order valence-electron chi connectivity index (χ2n) is 1.96. The minimum absolute atomic E-state index is 0.806. The molecule has 0 saturated heterocycles. The molecule has 0 aliphatic heterocycles. The summed E-state index contributed by atoms with van der Waals surface area (Å²) in [4.78, 5) is 18.9. The minimum Gasteiger partial charge on any atom is -0.481 e. The van der Waals surface area contributed by atoms with Gasteiger partial charge < -0.3 is 10.2 Å². The Morgan fingerprint density at radius 3 is 1.55 bits per heavy atom. The van der Waals surface area contributed by atoms with Crippen molar-refractivity contribution in [2.45, 2.75) is 23.4 Å². The molecular weight excluding hydrogens is 159 g/mol. The molecule has 0 heterocycles. The number of rotatable bonds is 3. The van der Waals surface area contributed by atoms with Crippen LogP contribution in [0.3, 0.4) is 0 Å². The average molecular weight is 170 g/mol. The van der Waals surface area contributed by atoms with Crippen LogP contribution in [0.25, 0.3) is 0 Å². The maximum absolute atomic E-state index is 9.43. The Labute approximate surface area is 83.0 Å². The summed E-state index contributed by atoms with van der Waals surface area (Å²) in [5.74, 6) is -2.62. The standard InChI is InChI=1S/C3H4O4.C3H7.Na/c4-2(5)1-3(6)7;1-3-2;/h1H2,(H,4,5)(H,6,7);1,3H2,2H3;. The summed E-state index contributed by atoms with van der Waals surface area (Å²) in [6, 6.07) is 0. The van der Waals surface area contributed by atoms with E-state index in [1.165, 1.54) is 38.0 Å². The second-order valence-corrected chi connectivity index (χ2v) is 2.96. The van der Waals surface area contributed by atoms with Crippen molar-refractivity contribution in [1.29, 1.82) is 0 Å². The van der Waals surface area contributed by atoms with E-state index in [0.29, 0.717) is 0 Å². The topological polar surface area (TPSA) is 74.6 Å². The summed E-state index contributed by atoms with van der Waals surface area (Å²) < 4.78 is 1.46. The smallest absolute Gasteiger partial charge is 0.314 e. The molecule has 0 unspecified atom stereocenters. The van der Waals surface area contributed by atoms with E-state index in [1.807, 2.05) is 0 Å². The van der Waals surface area contributed by atoms with Gasteiger partial charge in [-0.1, -0.05) is 0 Å². The van der Waals surface area contributed by atoms with Gasteiger partial charge in [0.05, 0.1) is 0 Å². The summed E-state index contributed by atoms with van der Waals surface area (Å²) in [5, 5.41) is 15.4. The number of hydrogen-bond donors (Lipinski definition) is 2. The maximum atomic E-state index is 9.43. The average Bonchev–Trinajstić information content (AvgIpc) is 1.85. The molecule has 0 saturated carbocycles. The van der Waals surface area contributed by atoms with Crippen molar-refractivity contribution in [3.05, 3.63) is 0 Å². The molecule has 0 radical (unpaired) electrons. The largest absolute Gasteiger partial charge is 0.481 e. The van der Waals surface area contributed by atoms with Crippen molar-refractivity contribution in [2.24, 2.45) is 0 Å². The van der Waals surface area contributed by atoms with E-state index in [-0.39, 0.29) is 0 Å². The predicted octanol–water partition coefficient (Wildman–Crippen LogP) is 0.529. The van der Waals surface area contributed by atoms with Gasteiger partial charge in [0, 0.05) is 0 Å². The van der Waals surface area contributed by atoms with Crippen LogP contribution in [0, 0.1) is 0 Å². The fraction of sp³-hybridized carbons (Fsp3) is 0.667. The van der Waals surface area contributed by atoms with Crippen LogP contribution >= 0.6 is 0 Å². The van der Waals surface area contributed by atoms with Gasteiger partial charge in [0.25, 0.3) is 0 Å². The van der Waals surface area contributed by atoms with E-state index in [0.717, 1.165) is 0 Å². The molecule has 2 N–H and O–H groups in total. The summed E-state index contributed by atoms with van der Waals surface area (Å²) in [7, 11) is 0. The first-order valence-electron chi connectivity index (χ1n) is 3.48. The van der Waals surface area contributed by atoms with Gasteiger partial charge in [0.15, 0.2) is 0 Å². The third-order valence-electron chi connectivity index (χ3n) is 0.802. The minimum atomic E-state index is -1.31. The number of aliphatic carboxylic acids is 2. The molecule has 0 rings (SSSR count). The Hall–Kier alpha value is -0.0600. The zero-order chi connectivity index (χ0) is 9.28. The van der Waals surface area contributed by atoms with Crippen LogP contribution in [0.15, 0.2) is 0 Å². The van der Waals surface area contributed by atoms with E-state index in [4.69, 9.17) is 10.2 Å². The third-order valence-corrected chi connectivity index (χ3v) is 1.80. The van der Waals surface area contributed by atoms with Crippen LogP contribution in [0.1, 0.15) is 19.8 Å². The summed E-state index contributed by atoms with van der Waals surface area (Å²) >= 11 is 1.39. The number of carboxylic acid groups (broad SMARTS) is 2. The van der Waals surface area contributed by atoms with Gasteiger partial charge in [-0.3, -0.25) is 9.59 Å². The second kappa shape index (κ2) is 9.94. The Morgan fingerprint density at radius 2 is 1.55 bits per heavy atom. The van der Waals surface area contributed by atoms with Crippen molar-refractivity contribution in [3.63, 3.8) is 0 Å². The van der Waals surface area contributed by atoms with Crippen molar-refractivity contribution >= 4 is 39.9 Å². The molecule has 0 spiro atoms. The Morgan fingerprint density at radius 1 is 1.27 bits per heavy atom. The number of hydrogen-bond acceptors (Lipinski definition) is 2. The van der Waals surface area contributed by atoms with Crippen LogP contribution in [-0.4, -0.2) is 50.1 Å². The van der Waals surface area contributed by atoms with E-state index >= 15 is 0 Å². The molecule has 5 heteroatoms. The van der Waals surface area contributed by atoms with Gasteiger partial charge in [-0.2, -0.15) is 0 Å². The van der Waals surface area contributed by atoms with E-state index in [2.05, 4.69) is 6.92 Å². The van der Waals surface area contributed by atoms with Gasteiger partial charge >= 0.3 is 56.9 Å². The molecule has 0 amide bonds. The van der Waals surface area contributed by atoms with Gasteiger partial charge in [0.1, 0.15) is 6.42 Å². The van der Waals surface area contributed by atoms with Crippen molar-refractivity contribution in [1.82, 2.24) is 0 Å². The maximum Gasteiger partial charge on any atom is 0.314 e. The first-order valence-corrected chi connectivity index (χ1v) is 4.89. The van der Waals surface area contributed by atoms with Gasteiger partial charge in [-0.15, -0.1) is 0 Å². The summed E-state index contributed by atoms with van der Waals surface area (Å²) in [6.45, 7) is 2.22. The third kappa shape index (κ3) is 25.7. The quantitative estimate of drug-likeness (QED) is 0.478. The van der Waals surface area contributed by atoms with E-state index in [1.54, 1.807) is 0 Å². The molecule has 0 aromatic carbocycles. The molecular formula is C6H11NaO4. The first-order chi connectivity index (χ1) is 5.04. The van der Waals surface area contributed by atoms with Gasteiger partial charge in [-0.05, 0) is 0 Å². The molecule has 0 aliphatic carbocycles. The Bertz CT molecular complexity index is 110. The Kier molecular flexibility index (Phi) is 12.2. The number of carbonyl (C=O) groups is 2. The van der Waals surface area contributed by atoms with Crippen LogP contribution < -0.4 is 0 Å². The Balaban J connectivity index is 0. The molecule has 0 atom stereocenters. The van der Waals surface area contributed by atoms with Crippen molar-refractivity contribution in [2.75, 3.05) is 0 Å². The normalized spacial score (nSPS) is 7.91. The van der Waals surface area contributed by atoms with Crippen LogP contribution in [0.2, 0.25) is 3.67 Å².